The average molecular weight is 332 g/mol. The van der Waals surface area contributed by atoms with Gasteiger partial charge in [0, 0.05) is 12.1 Å². The van der Waals surface area contributed by atoms with Crippen LogP contribution in [0.4, 0.5) is 22.7 Å². The fourth-order valence-corrected chi connectivity index (χ4v) is 1.80. The van der Waals surface area contributed by atoms with Crippen molar-refractivity contribution in [3.63, 3.8) is 0 Å². The van der Waals surface area contributed by atoms with E-state index in [9.17, 15) is 30.1 Å². The number of azo groups is 1. The van der Waals surface area contributed by atoms with E-state index in [1.165, 1.54) is 24.3 Å². The summed E-state index contributed by atoms with van der Waals surface area (Å²) in [6, 6.07) is 6.88. The first-order valence-corrected chi connectivity index (χ1v) is 6.21. The lowest BCUT2D eigenvalue weighted by Gasteiger charge is -2.03. The number of rotatable bonds is 5. The van der Waals surface area contributed by atoms with Crippen LogP contribution in [0.5, 0.6) is 5.75 Å². The number of carbonyl (C=O) groups is 1. The summed E-state index contributed by atoms with van der Waals surface area (Å²) >= 11 is 0. The van der Waals surface area contributed by atoms with Gasteiger partial charge in [-0.3, -0.25) is 20.2 Å². The van der Waals surface area contributed by atoms with E-state index in [-0.39, 0.29) is 17.1 Å². The zero-order valence-electron chi connectivity index (χ0n) is 11.7. The van der Waals surface area contributed by atoms with Crippen molar-refractivity contribution in [3.05, 3.63) is 62.2 Å². The summed E-state index contributed by atoms with van der Waals surface area (Å²) in [5, 5.41) is 47.3. The molecular weight excluding hydrogens is 324 g/mol. The number of carboxylic acid groups (broad SMARTS) is 1. The second kappa shape index (κ2) is 6.48. The minimum Gasteiger partial charge on any atom is -0.502 e. The molecule has 122 valence electrons. The van der Waals surface area contributed by atoms with Crippen LogP contribution in [0.3, 0.4) is 0 Å². The largest absolute Gasteiger partial charge is 0.502 e. The molecule has 2 aromatic carbocycles. The van der Waals surface area contributed by atoms with Gasteiger partial charge < -0.3 is 10.2 Å². The van der Waals surface area contributed by atoms with Gasteiger partial charge in [0.05, 0.1) is 15.5 Å². The molecule has 0 saturated carbocycles. The van der Waals surface area contributed by atoms with Crippen LogP contribution in [-0.4, -0.2) is 26.0 Å². The highest BCUT2D eigenvalue weighted by Gasteiger charge is 2.28. The van der Waals surface area contributed by atoms with E-state index in [2.05, 4.69) is 10.2 Å². The maximum absolute atomic E-state index is 11.2. The fraction of sp³-hybridized carbons (Fsp3) is 0. The Bertz CT molecular complexity index is 861. The van der Waals surface area contributed by atoms with E-state index < -0.39 is 32.8 Å². The molecule has 2 N–H and O–H groups in total. The van der Waals surface area contributed by atoms with Crippen molar-refractivity contribution in [2.24, 2.45) is 10.2 Å². The van der Waals surface area contributed by atoms with Crippen molar-refractivity contribution >= 4 is 28.7 Å². The first kappa shape index (κ1) is 16.5. The zero-order chi connectivity index (χ0) is 17.9. The number of non-ortho nitro benzene ring substituents is 1. The first-order chi connectivity index (χ1) is 11.3. The summed E-state index contributed by atoms with van der Waals surface area (Å²) in [6.45, 7) is 0. The number of aromatic carboxylic acids is 1. The topological polar surface area (TPSA) is 169 Å². The van der Waals surface area contributed by atoms with Gasteiger partial charge in [0.15, 0.2) is 11.3 Å². The predicted molar refractivity (Wildman–Crippen MR) is 79.0 cm³/mol. The Morgan fingerprint density at radius 3 is 2.08 bits per heavy atom. The number of carboxylic acids is 1. The molecule has 0 fully saturated rings. The van der Waals surface area contributed by atoms with Crippen LogP contribution in [0, 0.1) is 20.2 Å². The molecule has 0 unspecified atom stereocenters. The van der Waals surface area contributed by atoms with Gasteiger partial charge in [-0.15, -0.1) is 5.11 Å². The summed E-state index contributed by atoms with van der Waals surface area (Å²) in [6.07, 6.45) is 0. The maximum atomic E-state index is 11.2. The number of phenols is 1. The Kier molecular flexibility index (Phi) is 4.45. The number of nitro groups is 2. The van der Waals surface area contributed by atoms with Gasteiger partial charge in [-0.2, -0.15) is 5.11 Å². The molecule has 0 aliphatic carbocycles. The van der Waals surface area contributed by atoms with Gasteiger partial charge in [0.25, 0.3) is 5.69 Å². The van der Waals surface area contributed by atoms with E-state index in [4.69, 9.17) is 5.11 Å². The summed E-state index contributed by atoms with van der Waals surface area (Å²) in [5.41, 5.74) is -2.15. The third-order valence-corrected chi connectivity index (χ3v) is 2.86. The molecule has 0 bridgehead atoms. The first-order valence-electron chi connectivity index (χ1n) is 6.21. The molecule has 2 aromatic rings. The van der Waals surface area contributed by atoms with Crippen LogP contribution in [-0.2, 0) is 0 Å². The monoisotopic (exact) mass is 332 g/mol. The lowest BCUT2D eigenvalue weighted by atomic mass is 10.1. The summed E-state index contributed by atoms with van der Waals surface area (Å²) in [5.74, 6) is -2.47. The number of hydrogen-bond acceptors (Lipinski definition) is 8. The summed E-state index contributed by atoms with van der Waals surface area (Å²) < 4.78 is 0. The molecule has 0 atom stereocenters. The predicted octanol–water partition coefficient (Wildman–Crippen LogP) is 3.32. The number of nitrogens with zero attached hydrogens (tertiary/aromatic N) is 4. The van der Waals surface area contributed by atoms with Crippen molar-refractivity contribution in [2.45, 2.75) is 0 Å². The van der Waals surface area contributed by atoms with Crippen molar-refractivity contribution in [1.29, 1.82) is 0 Å². The van der Waals surface area contributed by atoms with Crippen LogP contribution in [0.25, 0.3) is 0 Å². The number of benzene rings is 2. The number of phenolic OH excluding ortho intramolecular Hbond substituents is 1. The van der Waals surface area contributed by atoms with Crippen LogP contribution in [0.15, 0.2) is 46.6 Å². The van der Waals surface area contributed by atoms with Crippen LogP contribution in [0.2, 0.25) is 0 Å². The Labute approximate surface area is 132 Å². The highest BCUT2D eigenvalue weighted by Crippen LogP contribution is 2.37. The summed E-state index contributed by atoms with van der Waals surface area (Å²) in [4.78, 5) is 31.1. The molecule has 11 nitrogen and oxygen atoms in total. The zero-order valence-corrected chi connectivity index (χ0v) is 11.7. The molecule has 11 heteroatoms. The van der Waals surface area contributed by atoms with Gasteiger partial charge in [0.1, 0.15) is 5.69 Å². The molecule has 0 saturated heterocycles. The molecule has 0 spiro atoms. The van der Waals surface area contributed by atoms with Crippen LogP contribution in [0.1, 0.15) is 10.4 Å². The Morgan fingerprint density at radius 2 is 1.58 bits per heavy atom. The van der Waals surface area contributed by atoms with E-state index in [1.54, 1.807) is 0 Å². The number of hydrogen-bond donors (Lipinski definition) is 2. The fourth-order valence-electron chi connectivity index (χ4n) is 1.80. The molecule has 0 aliphatic heterocycles. The highest BCUT2D eigenvalue weighted by molar-refractivity contribution is 5.99. The number of nitro benzene ring substituents is 2. The minimum atomic E-state index is -1.66. The third kappa shape index (κ3) is 3.30. The molecule has 0 aliphatic rings. The average Bonchev–Trinajstić information content (AvgIpc) is 2.53. The molecule has 0 heterocycles. The van der Waals surface area contributed by atoms with Crippen molar-refractivity contribution in [1.82, 2.24) is 0 Å². The summed E-state index contributed by atoms with van der Waals surface area (Å²) in [7, 11) is 0. The molecule has 24 heavy (non-hydrogen) atoms. The van der Waals surface area contributed by atoms with E-state index in [1.807, 2.05) is 0 Å². The minimum absolute atomic E-state index is 0.166. The molecule has 0 radical (unpaired) electrons. The quantitative estimate of drug-likeness (QED) is 0.480. The second-order valence-electron chi connectivity index (χ2n) is 4.36. The molecule has 0 amide bonds. The van der Waals surface area contributed by atoms with Gasteiger partial charge in [-0.05, 0) is 24.3 Å². The standard InChI is InChI=1S/C13H8N4O7/c18-10-6-5-9(11(13(19)20)12(10)17(23)24)15-14-7-1-3-8(4-2-7)16(21)22/h1-6,18H,(H,19,20). The molecule has 0 aromatic heterocycles. The van der Waals surface area contributed by atoms with Crippen molar-refractivity contribution in [3.8, 4) is 5.75 Å². The second-order valence-corrected chi connectivity index (χ2v) is 4.36. The van der Waals surface area contributed by atoms with Crippen LogP contribution >= 0.6 is 0 Å². The van der Waals surface area contributed by atoms with Crippen LogP contribution < -0.4 is 0 Å². The van der Waals surface area contributed by atoms with Gasteiger partial charge in [-0.25, -0.2) is 4.79 Å². The lowest BCUT2D eigenvalue weighted by molar-refractivity contribution is -0.386. The van der Waals surface area contributed by atoms with E-state index in [0.29, 0.717) is 0 Å². The van der Waals surface area contributed by atoms with E-state index in [0.717, 1.165) is 12.1 Å². The Hall–Kier alpha value is -3.89. The third-order valence-electron chi connectivity index (χ3n) is 2.86. The maximum Gasteiger partial charge on any atom is 0.345 e. The van der Waals surface area contributed by atoms with Crippen molar-refractivity contribution < 1.29 is 24.9 Å². The normalized spacial score (nSPS) is 10.7. The lowest BCUT2D eigenvalue weighted by Crippen LogP contribution is -2.03. The smallest absolute Gasteiger partial charge is 0.345 e. The number of aromatic hydroxyl groups is 1. The molecule has 2 rings (SSSR count). The SMILES string of the molecule is O=C(O)c1c(N=Nc2ccc([N+](=O)[O-])cc2)ccc(O)c1[N+](=O)[O-]. The van der Waals surface area contributed by atoms with Gasteiger partial charge in [-0.1, -0.05) is 0 Å². The molecular formula is C13H8N4O7. The van der Waals surface area contributed by atoms with Crippen molar-refractivity contribution in [2.75, 3.05) is 0 Å². The highest BCUT2D eigenvalue weighted by atomic mass is 16.6. The Morgan fingerprint density at radius 1 is 0.958 bits per heavy atom. The van der Waals surface area contributed by atoms with Gasteiger partial charge >= 0.3 is 11.7 Å². The van der Waals surface area contributed by atoms with E-state index >= 15 is 0 Å². The Balaban J connectivity index is 2.45. The van der Waals surface area contributed by atoms with Gasteiger partial charge in [0.2, 0.25) is 0 Å².